The lowest BCUT2D eigenvalue weighted by molar-refractivity contribution is -0.137. The fraction of sp³-hybridized carbons (Fsp3) is 0.562. The lowest BCUT2D eigenvalue weighted by atomic mass is 9.96. The van der Waals surface area contributed by atoms with Gasteiger partial charge in [0, 0.05) is 32.1 Å². The van der Waals surface area contributed by atoms with Crippen LogP contribution < -0.4 is 5.32 Å². The summed E-state index contributed by atoms with van der Waals surface area (Å²) in [6, 6.07) is 5.02. The van der Waals surface area contributed by atoms with Crippen LogP contribution in [0.5, 0.6) is 0 Å². The molecular formula is C16H22ClN5O3S2. The van der Waals surface area contributed by atoms with Crippen molar-refractivity contribution in [1.82, 2.24) is 14.5 Å². The summed E-state index contributed by atoms with van der Waals surface area (Å²) in [6.45, 7) is 3.24. The van der Waals surface area contributed by atoms with E-state index in [0.29, 0.717) is 37.6 Å². The van der Waals surface area contributed by atoms with Gasteiger partial charge in [-0.05, 0) is 38.1 Å². The summed E-state index contributed by atoms with van der Waals surface area (Å²) in [4.78, 5) is 14.6. The van der Waals surface area contributed by atoms with Gasteiger partial charge < -0.3 is 10.2 Å². The molecule has 1 aromatic carbocycles. The van der Waals surface area contributed by atoms with Gasteiger partial charge in [-0.1, -0.05) is 6.07 Å². The maximum absolute atomic E-state index is 13.0. The first kappa shape index (κ1) is 20.4. The highest BCUT2D eigenvalue weighted by Gasteiger charge is 2.34. The molecule has 1 amide bonds. The van der Waals surface area contributed by atoms with Gasteiger partial charge in [0.25, 0.3) is 0 Å². The molecule has 0 unspecified atom stereocenters. The number of nitrogens with one attached hydrogen (secondary N) is 1. The number of halogens is 1. The van der Waals surface area contributed by atoms with Crippen LogP contribution in [0.25, 0.3) is 0 Å². The molecule has 0 atom stereocenters. The number of piperidine rings is 1. The number of hydrogen-bond acceptors (Lipinski definition) is 6. The average Bonchev–Trinajstić information content (AvgIpc) is 3.17. The van der Waals surface area contributed by atoms with Crippen LogP contribution in [0.3, 0.4) is 0 Å². The van der Waals surface area contributed by atoms with E-state index in [2.05, 4.69) is 14.0 Å². The summed E-state index contributed by atoms with van der Waals surface area (Å²) in [6.07, 6.45) is 1.71. The Morgan fingerprint density at radius 1 is 1.11 bits per heavy atom. The van der Waals surface area contributed by atoms with Crippen molar-refractivity contribution in [1.29, 1.82) is 0 Å². The number of hydrogen-bond donors (Lipinski definition) is 1. The van der Waals surface area contributed by atoms with E-state index in [9.17, 15) is 13.2 Å². The zero-order chi connectivity index (χ0) is 18.1. The third-order valence-corrected chi connectivity index (χ3v) is 7.58. The first-order valence-corrected chi connectivity index (χ1v) is 11.0. The van der Waals surface area contributed by atoms with Gasteiger partial charge in [0.2, 0.25) is 15.9 Å². The quantitative estimate of drug-likeness (QED) is 0.799. The Kier molecular flexibility index (Phi) is 6.32. The summed E-state index contributed by atoms with van der Waals surface area (Å²) in [5.41, 5.74) is 1.02. The van der Waals surface area contributed by atoms with Gasteiger partial charge in [0.05, 0.1) is 11.4 Å². The van der Waals surface area contributed by atoms with E-state index < -0.39 is 10.0 Å². The van der Waals surface area contributed by atoms with Crippen molar-refractivity contribution in [2.75, 3.05) is 39.3 Å². The molecule has 0 aliphatic carbocycles. The second kappa shape index (κ2) is 8.36. The second-order valence-electron chi connectivity index (χ2n) is 6.64. The predicted octanol–water partition coefficient (Wildman–Crippen LogP) is 1.67. The fourth-order valence-electron chi connectivity index (χ4n) is 3.60. The van der Waals surface area contributed by atoms with Crippen molar-refractivity contribution in [3.05, 3.63) is 18.2 Å². The van der Waals surface area contributed by atoms with Crippen LogP contribution in [0, 0.1) is 5.92 Å². The van der Waals surface area contributed by atoms with Crippen molar-refractivity contribution in [3.63, 3.8) is 0 Å². The van der Waals surface area contributed by atoms with Crippen LogP contribution >= 0.6 is 12.4 Å². The third kappa shape index (κ3) is 3.95. The lowest BCUT2D eigenvalue weighted by Gasteiger charge is -2.36. The number of carbonyl (C=O) groups excluding carboxylic acids is 1. The van der Waals surface area contributed by atoms with Crippen LogP contribution in [0.1, 0.15) is 12.8 Å². The Labute approximate surface area is 168 Å². The zero-order valence-corrected chi connectivity index (χ0v) is 17.2. The molecule has 2 saturated heterocycles. The SMILES string of the molecule is Cl.O=C(C1CCNCC1)N1CCN(S(=O)(=O)c2cccc3c2N=S=N3)CC1. The molecule has 1 N–H and O–H groups in total. The minimum absolute atomic E-state index is 0. The standard InChI is InChI=1S/C16H21N5O3S2.ClH/c22-16(12-4-6-17-7-5-12)20-8-10-21(11-9-20)26(23,24)14-3-1-2-13-15(14)19-25-18-13;/h1-3,12,17H,4-11H2;1H. The molecule has 0 bridgehead atoms. The van der Waals surface area contributed by atoms with Crippen LogP contribution in [0.4, 0.5) is 11.4 Å². The monoisotopic (exact) mass is 431 g/mol. The van der Waals surface area contributed by atoms with E-state index >= 15 is 0 Å². The Bertz CT molecular complexity index is 887. The molecule has 3 aliphatic heterocycles. The highest BCUT2D eigenvalue weighted by atomic mass is 35.5. The van der Waals surface area contributed by atoms with Gasteiger partial charge in [-0.25, -0.2) is 8.42 Å². The number of carbonyl (C=O) groups is 1. The zero-order valence-electron chi connectivity index (χ0n) is 14.7. The molecule has 0 aromatic heterocycles. The normalized spacial score (nSPS) is 20.7. The van der Waals surface area contributed by atoms with Gasteiger partial charge >= 0.3 is 0 Å². The first-order chi connectivity index (χ1) is 12.6. The number of amides is 1. The molecule has 1 aromatic rings. The first-order valence-electron chi connectivity index (χ1n) is 8.78. The van der Waals surface area contributed by atoms with Crippen molar-refractivity contribution in [3.8, 4) is 0 Å². The predicted molar refractivity (Wildman–Crippen MR) is 106 cm³/mol. The van der Waals surface area contributed by atoms with Gasteiger partial charge in [0.1, 0.15) is 16.3 Å². The summed E-state index contributed by atoms with van der Waals surface area (Å²) < 4.78 is 35.8. The van der Waals surface area contributed by atoms with E-state index in [4.69, 9.17) is 0 Å². The van der Waals surface area contributed by atoms with Crippen LogP contribution in [-0.2, 0) is 26.2 Å². The maximum Gasteiger partial charge on any atom is 0.245 e. The molecule has 8 nitrogen and oxygen atoms in total. The molecular weight excluding hydrogens is 410 g/mol. The molecule has 0 saturated carbocycles. The van der Waals surface area contributed by atoms with E-state index in [1.807, 2.05) is 4.90 Å². The van der Waals surface area contributed by atoms with Crippen molar-refractivity contribution < 1.29 is 13.2 Å². The van der Waals surface area contributed by atoms with Crippen LogP contribution in [0.2, 0.25) is 0 Å². The van der Waals surface area contributed by atoms with Gasteiger partial charge in [-0.15, -0.1) is 12.4 Å². The summed E-state index contributed by atoms with van der Waals surface area (Å²) in [5, 5.41) is 3.26. The smallest absolute Gasteiger partial charge is 0.245 e. The molecule has 148 valence electrons. The minimum atomic E-state index is -3.64. The summed E-state index contributed by atoms with van der Waals surface area (Å²) in [5.74, 6) is 0.226. The number of fused-ring (bicyclic) bond motifs is 1. The molecule has 3 aliphatic rings. The van der Waals surface area contributed by atoms with Gasteiger partial charge in [-0.2, -0.15) is 13.0 Å². The van der Waals surface area contributed by atoms with Crippen molar-refractivity contribution in [2.45, 2.75) is 17.7 Å². The Hall–Kier alpha value is -1.33. The number of benzene rings is 1. The molecule has 2 fully saturated rings. The highest BCUT2D eigenvalue weighted by molar-refractivity contribution is 7.89. The molecule has 4 rings (SSSR count). The Morgan fingerprint density at radius 2 is 1.81 bits per heavy atom. The third-order valence-electron chi connectivity index (χ3n) is 5.11. The van der Waals surface area contributed by atoms with E-state index in [1.54, 1.807) is 18.2 Å². The van der Waals surface area contributed by atoms with E-state index in [-0.39, 0.29) is 29.1 Å². The second-order valence-corrected chi connectivity index (χ2v) is 9.08. The highest BCUT2D eigenvalue weighted by Crippen LogP contribution is 2.38. The number of piperazine rings is 1. The number of sulfonamides is 1. The van der Waals surface area contributed by atoms with Crippen molar-refractivity contribution in [2.24, 2.45) is 14.6 Å². The van der Waals surface area contributed by atoms with E-state index in [1.165, 1.54) is 4.31 Å². The maximum atomic E-state index is 13.0. The fourth-order valence-corrected chi connectivity index (χ4v) is 5.78. The molecule has 3 heterocycles. The lowest BCUT2D eigenvalue weighted by Crippen LogP contribution is -2.52. The Balaban J connectivity index is 0.00000210. The molecule has 0 radical (unpaired) electrons. The average molecular weight is 432 g/mol. The Morgan fingerprint density at radius 3 is 2.52 bits per heavy atom. The summed E-state index contributed by atoms with van der Waals surface area (Å²) >= 11 is 1.01. The number of rotatable bonds is 3. The molecule has 27 heavy (non-hydrogen) atoms. The van der Waals surface area contributed by atoms with E-state index in [0.717, 1.165) is 37.3 Å². The minimum Gasteiger partial charge on any atom is -0.340 e. The molecule has 11 heteroatoms. The van der Waals surface area contributed by atoms with Crippen molar-refractivity contribution >= 4 is 51.1 Å². The van der Waals surface area contributed by atoms with Gasteiger partial charge in [-0.3, -0.25) is 4.79 Å². The number of nitrogens with zero attached hydrogens (tertiary/aromatic N) is 4. The molecule has 0 spiro atoms. The summed E-state index contributed by atoms with van der Waals surface area (Å²) in [7, 11) is -3.64. The van der Waals surface area contributed by atoms with Crippen LogP contribution in [0.15, 0.2) is 31.8 Å². The van der Waals surface area contributed by atoms with Crippen LogP contribution in [-0.4, -0.2) is 62.8 Å². The van der Waals surface area contributed by atoms with Gasteiger partial charge in [0.15, 0.2) is 0 Å². The largest absolute Gasteiger partial charge is 0.340 e. The topological polar surface area (TPSA) is 94.4 Å².